The van der Waals surface area contributed by atoms with Gasteiger partial charge in [-0.15, -0.1) is 0 Å². The van der Waals surface area contributed by atoms with E-state index in [4.69, 9.17) is 10.6 Å². The van der Waals surface area contributed by atoms with Gasteiger partial charge in [0.1, 0.15) is 12.4 Å². The van der Waals surface area contributed by atoms with E-state index in [1.54, 1.807) is 12.1 Å². The molecule has 5 nitrogen and oxygen atoms in total. The minimum Gasteiger partial charge on any atom is -0.487 e. The van der Waals surface area contributed by atoms with Gasteiger partial charge in [0.25, 0.3) is 5.91 Å². The van der Waals surface area contributed by atoms with Crippen molar-refractivity contribution in [3.05, 3.63) is 59.4 Å². The molecule has 0 aliphatic carbocycles. The number of benzene rings is 1. The molecule has 0 radical (unpaired) electrons. The lowest BCUT2D eigenvalue weighted by Gasteiger charge is -2.06. The van der Waals surface area contributed by atoms with Gasteiger partial charge < -0.3 is 4.74 Å². The Hall–Kier alpha value is -2.40. The van der Waals surface area contributed by atoms with Gasteiger partial charge in [-0.05, 0) is 36.8 Å². The van der Waals surface area contributed by atoms with Gasteiger partial charge in [-0.2, -0.15) is 0 Å². The molecule has 0 atom stereocenters. The molecule has 0 aliphatic heterocycles. The Bertz CT molecular complexity index is 567. The fourth-order valence-corrected chi connectivity index (χ4v) is 1.59. The highest BCUT2D eigenvalue weighted by Crippen LogP contribution is 2.14. The number of nitrogen functional groups attached to an aromatic ring is 1. The molecular formula is C14H15N3O2. The van der Waals surface area contributed by atoms with E-state index in [-0.39, 0.29) is 5.91 Å². The van der Waals surface area contributed by atoms with Crippen LogP contribution in [-0.2, 0) is 6.61 Å². The average molecular weight is 257 g/mol. The molecule has 1 aromatic carbocycles. The van der Waals surface area contributed by atoms with Crippen LogP contribution >= 0.6 is 0 Å². The van der Waals surface area contributed by atoms with E-state index >= 15 is 0 Å². The molecule has 98 valence electrons. The molecule has 0 unspecified atom stereocenters. The molecule has 2 rings (SSSR count). The lowest BCUT2D eigenvalue weighted by Crippen LogP contribution is -2.30. The number of hydrogen-bond acceptors (Lipinski definition) is 4. The number of rotatable bonds is 4. The summed E-state index contributed by atoms with van der Waals surface area (Å²) in [6.07, 6.45) is 1.47. The predicted octanol–water partition coefficient (Wildman–Crippen LogP) is 1.57. The van der Waals surface area contributed by atoms with Crippen molar-refractivity contribution in [2.75, 3.05) is 0 Å². The van der Waals surface area contributed by atoms with Gasteiger partial charge in [-0.1, -0.05) is 12.1 Å². The molecule has 0 aliphatic rings. The Morgan fingerprint density at radius 3 is 2.84 bits per heavy atom. The summed E-state index contributed by atoms with van der Waals surface area (Å²) in [6, 6.07) is 11.2. The number of carbonyl (C=O) groups excluding carboxylic acids is 1. The van der Waals surface area contributed by atoms with E-state index in [1.165, 1.54) is 6.20 Å². The van der Waals surface area contributed by atoms with Gasteiger partial charge in [-0.3, -0.25) is 15.2 Å². The summed E-state index contributed by atoms with van der Waals surface area (Å²) in [5, 5.41) is 0. The zero-order chi connectivity index (χ0) is 13.7. The summed E-state index contributed by atoms with van der Waals surface area (Å²) >= 11 is 0. The predicted molar refractivity (Wildman–Crippen MR) is 71.4 cm³/mol. The van der Waals surface area contributed by atoms with Crippen LogP contribution in [0.1, 0.15) is 21.6 Å². The highest BCUT2D eigenvalue weighted by Gasteiger charge is 2.04. The molecule has 1 aromatic heterocycles. The number of nitrogens with zero attached hydrogens (tertiary/aromatic N) is 1. The van der Waals surface area contributed by atoms with Gasteiger partial charge in [-0.25, -0.2) is 5.84 Å². The summed E-state index contributed by atoms with van der Waals surface area (Å²) in [6.45, 7) is 2.36. The van der Waals surface area contributed by atoms with Crippen LogP contribution in [0.25, 0.3) is 0 Å². The summed E-state index contributed by atoms with van der Waals surface area (Å²) in [4.78, 5) is 15.4. The molecule has 2 aromatic rings. The lowest BCUT2D eigenvalue weighted by atomic mass is 10.2. The van der Waals surface area contributed by atoms with E-state index in [9.17, 15) is 4.79 Å². The highest BCUT2D eigenvalue weighted by molar-refractivity contribution is 5.93. The zero-order valence-electron chi connectivity index (χ0n) is 10.6. The van der Waals surface area contributed by atoms with Gasteiger partial charge in [0.2, 0.25) is 0 Å². The first kappa shape index (κ1) is 13.0. The number of nitrogens with one attached hydrogen (secondary N) is 1. The van der Waals surface area contributed by atoms with Crippen molar-refractivity contribution in [2.24, 2.45) is 5.84 Å². The highest BCUT2D eigenvalue weighted by atomic mass is 16.5. The molecule has 1 heterocycles. The number of ether oxygens (including phenoxy) is 1. The third-order valence-electron chi connectivity index (χ3n) is 2.59. The molecular weight excluding hydrogens is 242 g/mol. The van der Waals surface area contributed by atoms with Gasteiger partial charge in [0.15, 0.2) is 0 Å². The van der Waals surface area contributed by atoms with Gasteiger partial charge in [0, 0.05) is 6.20 Å². The second-order valence-corrected chi connectivity index (χ2v) is 4.12. The third kappa shape index (κ3) is 3.53. The minimum atomic E-state index is -0.362. The molecule has 5 heteroatoms. The molecule has 1 amide bonds. The van der Waals surface area contributed by atoms with Crippen molar-refractivity contribution < 1.29 is 9.53 Å². The fraction of sp³-hybridized carbons (Fsp3) is 0.143. The van der Waals surface area contributed by atoms with Crippen LogP contribution in [0.15, 0.2) is 42.6 Å². The van der Waals surface area contributed by atoms with Crippen molar-refractivity contribution in [2.45, 2.75) is 13.5 Å². The Balaban J connectivity index is 1.98. The maximum Gasteiger partial charge on any atom is 0.266 e. The van der Waals surface area contributed by atoms with Gasteiger partial charge in [0.05, 0.1) is 11.3 Å². The zero-order valence-corrected chi connectivity index (χ0v) is 10.6. The molecule has 0 fully saturated rings. The number of amides is 1. The first-order chi connectivity index (χ1) is 9.19. The average Bonchev–Trinajstić information content (AvgIpc) is 2.45. The number of aromatic nitrogens is 1. The van der Waals surface area contributed by atoms with E-state index in [1.807, 2.05) is 31.2 Å². The molecule has 0 saturated heterocycles. The number of carbonyl (C=O) groups is 1. The summed E-state index contributed by atoms with van der Waals surface area (Å²) in [5.41, 5.74) is 4.36. The number of nitrogens with two attached hydrogens (primary N) is 1. The molecule has 0 bridgehead atoms. The standard InChI is InChI=1S/C14H15N3O2/c1-10-3-2-4-13(7-10)19-9-12-6-5-11(8-16-12)14(18)17-15/h2-8H,9,15H2,1H3,(H,17,18). The molecule has 19 heavy (non-hydrogen) atoms. The topological polar surface area (TPSA) is 77.2 Å². The number of pyridine rings is 1. The van der Waals surface area contributed by atoms with Crippen LogP contribution in [0.2, 0.25) is 0 Å². The number of hydrazine groups is 1. The summed E-state index contributed by atoms with van der Waals surface area (Å²) in [7, 11) is 0. The third-order valence-corrected chi connectivity index (χ3v) is 2.59. The molecule has 0 spiro atoms. The van der Waals surface area contributed by atoms with Crippen molar-refractivity contribution in [3.63, 3.8) is 0 Å². The fourth-order valence-electron chi connectivity index (χ4n) is 1.59. The number of hydrogen-bond donors (Lipinski definition) is 2. The van der Waals surface area contributed by atoms with Crippen LogP contribution in [0.3, 0.4) is 0 Å². The second-order valence-electron chi connectivity index (χ2n) is 4.12. The van der Waals surface area contributed by atoms with Crippen LogP contribution in [0, 0.1) is 6.92 Å². The van der Waals surface area contributed by atoms with Crippen LogP contribution < -0.4 is 16.0 Å². The Morgan fingerprint density at radius 2 is 2.21 bits per heavy atom. The molecule has 3 N–H and O–H groups in total. The van der Waals surface area contributed by atoms with E-state index in [0.717, 1.165) is 17.0 Å². The van der Waals surface area contributed by atoms with Gasteiger partial charge >= 0.3 is 0 Å². The van der Waals surface area contributed by atoms with Crippen molar-refractivity contribution in [3.8, 4) is 5.75 Å². The second kappa shape index (κ2) is 5.97. The lowest BCUT2D eigenvalue weighted by molar-refractivity contribution is 0.0953. The smallest absolute Gasteiger partial charge is 0.266 e. The van der Waals surface area contributed by atoms with E-state index in [0.29, 0.717) is 12.2 Å². The summed E-state index contributed by atoms with van der Waals surface area (Å²) < 4.78 is 5.61. The normalized spacial score (nSPS) is 10.0. The van der Waals surface area contributed by atoms with Crippen molar-refractivity contribution in [1.29, 1.82) is 0 Å². The van der Waals surface area contributed by atoms with E-state index < -0.39 is 0 Å². The van der Waals surface area contributed by atoms with Crippen molar-refractivity contribution in [1.82, 2.24) is 10.4 Å². The van der Waals surface area contributed by atoms with Crippen LogP contribution in [0.4, 0.5) is 0 Å². The minimum absolute atomic E-state index is 0.355. The summed E-state index contributed by atoms with van der Waals surface area (Å²) in [5.74, 6) is 5.47. The maximum atomic E-state index is 11.2. The van der Waals surface area contributed by atoms with E-state index in [2.05, 4.69) is 10.4 Å². The first-order valence-corrected chi connectivity index (χ1v) is 5.84. The maximum absolute atomic E-state index is 11.2. The quantitative estimate of drug-likeness (QED) is 0.495. The van der Waals surface area contributed by atoms with Crippen LogP contribution in [0.5, 0.6) is 5.75 Å². The van der Waals surface area contributed by atoms with Crippen molar-refractivity contribution >= 4 is 5.91 Å². The van der Waals surface area contributed by atoms with Crippen LogP contribution in [-0.4, -0.2) is 10.9 Å². The first-order valence-electron chi connectivity index (χ1n) is 5.84. The number of aryl methyl sites for hydroxylation is 1. The largest absolute Gasteiger partial charge is 0.487 e. The SMILES string of the molecule is Cc1cccc(OCc2ccc(C(=O)NN)cn2)c1. The Morgan fingerprint density at radius 1 is 1.37 bits per heavy atom. The Kier molecular flexibility index (Phi) is 4.10. The monoisotopic (exact) mass is 257 g/mol. The molecule has 0 saturated carbocycles. The Labute approximate surface area is 111 Å².